The molecule has 0 amide bonds. The van der Waals surface area contributed by atoms with Crippen molar-refractivity contribution >= 4 is 11.6 Å². The Labute approximate surface area is 143 Å². The Morgan fingerprint density at radius 1 is 1.29 bits per heavy atom. The molecule has 0 spiro atoms. The Kier molecular flexibility index (Phi) is 7.48. The van der Waals surface area contributed by atoms with E-state index in [1.807, 2.05) is 28.8 Å². The predicted octanol–water partition coefficient (Wildman–Crippen LogP) is 1.85. The highest BCUT2D eigenvalue weighted by Gasteiger charge is 2.04. The fourth-order valence-electron chi connectivity index (χ4n) is 2.19. The van der Waals surface area contributed by atoms with E-state index in [-0.39, 0.29) is 0 Å². The van der Waals surface area contributed by atoms with Crippen molar-refractivity contribution in [1.82, 2.24) is 25.2 Å². The lowest BCUT2D eigenvalue weighted by Crippen LogP contribution is -2.38. The molecule has 0 saturated heterocycles. The van der Waals surface area contributed by atoms with E-state index in [0.29, 0.717) is 12.5 Å². The first kappa shape index (κ1) is 18.2. The van der Waals surface area contributed by atoms with E-state index < -0.39 is 0 Å². The van der Waals surface area contributed by atoms with Crippen LogP contribution in [-0.4, -0.2) is 46.9 Å². The Hall–Kier alpha value is -2.15. The van der Waals surface area contributed by atoms with Crippen molar-refractivity contribution in [3.05, 3.63) is 30.2 Å². The molecule has 132 valence electrons. The Bertz CT molecular complexity index is 637. The molecule has 2 N–H and O–H groups in total. The first-order valence-corrected chi connectivity index (χ1v) is 8.59. The molecule has 2 heterocycles. The summed E-state index contributed by atoms with van der Waals surface area (Å²) >= 11 is 0. The zero-order valence-corrected chi connectivity index (χ0v) is 14.8. The average molecular weight is 332 g/mol. The molecule has 2 aromatic heterocycles. The van der Waals surface area contributed by atoms with Gasteiger partial charge in [-0.05, 0) is 31.4 Å². The number of hydrogen-bond acceptors (Lipinski definition) is 4. The van der Waals surface area contributed by atoms with Gasteiger partial charge in [-0.1, -0.05) is 19.9 Å². The second-order valence-electron chi connectivity index (χ2n) is 5.99. The van der Waals surface area contributed by atoms with Gasteiger partial charge in [-0.3, -0.25) is 4.40 Å². The molecular weight excluding hydrogens is 304 g/mol. The number of rotatable bonds is 9. The summed E-state index contributed by atoms with van der Waals surface area (Å²) < 4.78 is 7.53. The summed E-state index contributed by atoms with van der Waals surface area (Å²) in [5.74, 6) is 2.19. The second-order valence-corrected chi connectivity index (χ2v) is 5.99. The number of hydrogen-bond donors (Lipinski definition) is 2. The van der Waals surface area contributed by atoms with Gasteiger partial charge >= 0.3 is 0 Å². The Morgan fingerprint density at radius 3 is 2.96 bits per heavy atom. The van der Waals surface area contributed by atoms with E-state index in [0.717, 1.165) is 50.2 Å². The molecule has 0 aliphatic rings. The van der Waals surface area contributed by atoms with E-state index in [1.54, 1.807) is 0 Å². The molecule has 0 aromatic carbocycles. The van der Waals surface area contributed by atoms with Gasteiger partial charge in [0.1, 0.15) is 6.54 Å². The molecule has 24 heavy (non-hydrogen) atoms. The zero-order chi connectivity index (χ0) is 17.2. The number of aliphatic imine (C=N–C) groups is 1. The zero-order valence-electron chi connectivity index (χ0n) is 14.8. The van der Waals surface area contributed by atoms with Crippen molar-refractivity contribution < 1.29 is 4.74 Å². The van der Waals surface area contributed by atoms with Crippen molar-refractivity contribution in [2.45, 2.75) is 33.7 Å². The molecule has 0 bridgehead atoms. The third kappa shape index (κ3) is 5.81. The molecule has 0 radical (unpaired) electrons. The number of guanidine groups is 1. The molecule has 0 atom stereocenters. The molecule has 0 aliphatic carbocycles. The lowest BCUT2D eigenvalue weighted by atomic mass is 10.2. The summed E-state index contributed by atoms with van der Waals surface area (Å²) in [7, 11) is 0. The minimum absolute atomic E-state index is 0.477. The normalized spacial score (nSPS) is 12.1. The third-order valence-electron chi connectivity index (χ3n) is 3.32. The van der Waals surface area contributed by atoms with Crippen LogP contribution in [-0.2, 0) is 11.3 Å². The largest absolute Gasteiger partial charge is 0.381 e. The second kappa shape index (κ2) is 9.87. The van der Waals surface area contributed by atoms with Crippen molar-refractivity contribution in [1.29, 1.82) is 0 Å². The number of aromatic nitrogens is 3. The molecular formula is C17H28N6O. The average Bonchev–Trinajstić information content (AvgIpc) is 2.98. The van der Waals surface area contributed by atoms with Crippen LogP contribution in [0.15, 0.2) is 29.4 Å². The van der Waals surface area contributed by atoms with E-state index in [9.17, 15) is 0 Å². The van der Waals surface area contributed by atoms with Gasteiger partial charge in [0, 0.05) is 32.5 Å². The van der Waals surface area contributed by atoms with Gasteiger partial charge in [0.05, 0.1) is 0 Å². The third-order valence-corrected chi connectivity index (χ3v) is 3.32. The van der Waals surface area contributed by atoms with Crippen LogP contribution in [0.4, 0.5) is 0 Å². The number of nitrogens with zero attached hydrogens (tertiary/aromatic N) is 4. The van der Waals surface area contributed by atoms with Crippen LogP contribution in [0.25, 0.3) is 5.65 Å². The lowest BCUT2D eigenvalue weighted by molar-refractivity contribution is 0.108. The molecule has 0 aliphatic heterocycles. The van der Waals surface area contributed by atoms with Crippen LogP contribution in [0.3, 0.4) is 0 Å². The standard InChI is InChI=1S/C17H28N6O/c1-4-18-17(19-9-7-11-24-13-14(2)3)20-12-16-22-21-15-8-5-6-10-23(15)16/h5-6,8,10,14H,4,7,9,11-13H2,1-3H3,(H2,18,19,20). The Morgan fingerprint density at radius 2 is 2.17 bits per heavy atom. The predicted molar refractivity (Wildman–Crippen MR) is 96.1 cm³/mol. The topological polar surface area (TPSA) is 75.8 Å². The van der Waals surface area contributed by atoms with Gasteiger partial charge in [0.25, 0.3) is 0 Å². The van der Waals surface area contributed by atoms with Crippen LogP contribution in [0.1, 0.15) is 33.0 Å². The first-order valence-electron chi connectivity index (χ1n) is 8.59. The lowest BCUT2D eigenvalue weighted by Gasteiger charge is -2.11. The van der Waals surface area contributed by atoms with Crippen LogP contribution >= 0.6 is 0 Å². The number of ether oxygens (including phenoxy) is 1. The van der Waals surface area contributed by atoms with E-state index in [2.05, 4.69) is 46.6 Å². The SMILES string of the molecule is CCNC(=NCc1nnc2ccccn12)NCCCOCC(C)C. The maximum Gasteiger partial charge on any atom is 0.191 e. The number of pyridine rings is 1. The van der Waals surface area contributed by atoms with Crippen LogP contribution in [0.2, 0.25) is 0 Å². The minimum Gasteiger partial charge on any atom is -0.381 e. The fraction of sp³-hybridized carbons (Fsp3) is 0.588. The van der Waals surface area contributed by atoms with Gasteiger partial charge in [-0.15, -0.1) is 10.2 Å². The molecule has 2 aromatic rings. The van der Waals surface area contributed by atoms with Gasteiger partial charge in [0.15, 0.2) is 17.4 Å². The van der Waals surface area contributed by atoms with Gasteiger partial charge in [-0.2, -0.15) is 0 Å². The van der Waals surface area contributed by atoms with E-state index in [4.69, 9.17) is 4.74 Å². The van der Waals surface area contributed by atoms with Crippen LogP contribution < -0.4 is 10.6 Å². The maximum atomic E-state index is 5.58. The van der Waals surface area contributed by atoms with E-state index >= 15 is 0 Å². The van der Waals surface area contributed by atoms with Crippen molar-refractivity contribution in [2.24, 2.45) is 10.9 Å². The summed E-state index contributed by atoms with van der Waals surface area (Å²) in [6, 6.07) is 5.84. The number of fused-ring (bicyclic) bond motifs is 1. The summed E-state index contributed by atoms with van der Waals surface area (Å²) in [6.45, 7) is 10.1. The van der Waals surface area contributed by atoms with Gasteiger partial charge in [-0.25, -0.2) is 4.99 Å². The molecule has 7 nitrogen and oxygen atoms in total. The molecule has 0 saturated carbocycles. The van der Waals surface area contributed by atoms with E-state index in [1.165, 1.54) is 0 Å². The highest BCUT2D eigenvalue weighted by Crippen LogP contribution is 2.03. The monoisotopic (exact) mass is 332 g/mol. The van der Waals surface area contributed by atoms with Crippen molar-refractivity contribution in [2.75, 3.05) is 26.3 Å². The summed E-state index contributed by atoms with van der Waals surface area (Å²) in [5, 5.41) is 14.9. The minimum atomic E-state index is 0.477. The van der Waals surface area contributed by atoms with Gasteiger partial charge < -0.3 is 15.4 Å². The summed E-state index contributed by atoms with van der Waals surface area (Å²) in [6.07, 6.45) is 2.90. The molecule has 7 heteroatoms. The summed E-state index contributed by atoms with van der Waals surface area (Å²) in [4.78, 5) is 4.58. The Balaban J connectivity index is 1.82. The smallest absolute Gasteiger partial charge is 0.191 e. The quantitative estimate of drug-likeness (QED) is 0.416. The maximum absolute atomic E-state index is 5.58. The van der Waals surface area contributed by atoms with Crippen molar-refractivity contribution in [3.8, 4) is 0 Å². The molecule has 0 fully saturated rings. The first-order chi connectivity index (χ1) is 11.7. The fourth-order valence-corrected chi connectivity index (χ4v) is 2.19. The van der Waals surface area contributed by atoms with Crippen LogP contribution in [0, 0.1) is 5.92 Å². The van der Waals surface area contributed by atoms with Gasteiger partial charge in [0.2, 0.25) is 0 Å². The summed E-state index contributed by atoms with van der Waals surface area (Å²) in [5.41, 5.74) is 0.836. The highest BCUT2D eigenvalue weighted by molar-refractivity contribution is 5.79. The number of nitrogens with one attached hydrogen (secondary N) is 2. The highest BCUT2D eigenvalue weighted by atomic mass is 16.5. The molecule has 2 rings (SSSR count). The van der Waals surface area contributed by atoms with Crippen LogP contribution in [0.5, 0.6) is 0 Å². The van der Waals surface area contributed by atoms with Crippen molar-refractivity contribution in [3.63, 3.8) is 0 Å². The molecule has 0 unspecified atom stereocenters.